The van der Waals surface area contributed by atoms with Gasteiger partial charge in [-0.3, -0.25) is 0 Å². The van der Waals surface area contributed by atoms with Crippen molar-refractivity contribution in [3.63, 3.8) is 0 Å². The number of likely N-dealkylation sites (N-methyl/N-ethyl adjacent to an activating group) is 1. The number of ether oxygens (including phenoxy) is 3. The zero-order chi connectivity index (χ0) is 12.4. The minimum absolute atomic E-state index is 0.0175. The van der Waals surface area contributed by atoms with Crippen LogP contribution in [0.15, 0.2) is 0 Å². The molecule has 16 heavy (non-hydrogen) atoms. The Balaban J connectivity index is 3.52. The van der Waals surface area contributed by atoms with Gasteiger partial charge in [0.25, 0.3) is 0 Å². The van der Waals surface area contributed by atoms with Crippen LogP contribution in [0.1, 0.15) is 6.92 Å². The summed E-state index contributed by atoms with van der Waals surface area (Å²) in [5.74, 6) is 0. The summed E-state index contributed by atoms with van der Waals surface area (Å²) in [7, 11) is 5.25. The number of aliphatic hydroxyl groups is 1. The van der Waals surface area contributed by atoms with E-state index in [-0.39, 0.29) is 6.10 Å². The highest BCUT2D eigenvalue weighted by Gasteiger charge is 2.10. The van der Waals surface area contributed by atoms with Crippen molar-refractivity contribution in [2.45, 2.75) is 19.1 Å². The number of hydrogen-bond donors (Lipinski definition) is 1. The summed E-state index contributed by atoms with van der Waals surface area (Å²) in [4.78, 5) is 2.01. The molecule has 5 heteroatoms. The molecule has 0 spiro atoms. The lowest BCUT2D eigenvalue weighted by Gasteiger charge is -2.21. The first kappa shape index (κ1) is 15.8. The lowest BCUT2D eigenvalue weighted by molar-refractivity contribution is -0.0389. The van der Waals surface area contributed by atoms with E-state index in [4.69, 9.17) is 14.2 Å². The van der Waals surface area contributed by atoms with Gasteiger partial charge < -0.3 is 24.2 Å². The van der Waals surface area contributed by atoms with Crippen LogP contribution < -0.4 is 0 Å². The number of aliphatic hydroxyl groups excluding tert-OH is 1. The van der Waals surface area contributed by atoms with Crippen molar-refractivity contribution in [1.29, 1.82) is 0 Å². The van der Waals surface area contributed by atoms with E-state index >= 15 is 0 Å². The molecule has 0 fully saturated rings. The van der Waals surface area contributed by atoms with Crippen molar-refractivity contribution in [2.75, 3.05) is 54.2 Å². The largest absolute Gasteiger partial charge is 0.389 e. The van der Waals surface area contributed by atoms with Crippen LogP contribution in [0.4, 0.5) is 0 Å². The highest BCUT2D eigenvalue weighted by atomic mass is 16.5. The number of methoxy groups -OCH3 is 2. The molecule has 0 aromatic rings. The van der Waals surface area contributed by atoms with Gasteiger partial charge in [0.05, 0.1) is 32.0 Å². The fourth-order valence-electron chi connectivity index (χ4n) is 1.31. The standard InChI is InChI=1S/C11H25NO4/c1-10(8-15-4)16-9-11(13)7-12(2)5-6-14-3/h10-11,13H,5-9H2,1-4H3. The molecule has 0 aliphatic carbocycles. The Hall–Kier alpha value is -0.200. The van der Waals surface area contributed by atoms with Gasteiger partial charge in [-0.05, 0) is 14.0 Å². The normalized spacial score (nSPS) is 15.4. The van der Waals surface area contributed by atoms with Crippen LogP contribution in [0.3, 0.4) is 0 Å². The van der Waals surface area contributed by atoms with Crippen molar-refractivity contribution in [2.24, 2.45) is 0 Å². The van der Waals surface area contributed by atoms with Crippen molar-refractivity contribution >= 4 is 0 Å². The van der Waals surface area contributed by atoms with Gasteiger partial charge >= 0.3 is 0 Å². The van der Waals surface area contributed by atoms with Gasteiger partial charge in [-0.1, -0.05) is 0 Å². The molecule has 1 N–H and O–H groups in total. The van der Waals surface area contributed by atoms with Gasteiger partial charge in [-0.25, -0.2) is 0 Å². The molecule has 0 rings (SSSR count). The first-order valence-electron chi connectivity index (χ1n) is 5.56. The second-order valence-electron chi connectivity index (χ2n) is 4.01. The Kier molecular flexibility index (Phi) is 9.86. The molecule has 0 aromatic heterocycles. The van der Waals surface area contributed by atoms with E-state index in [9.17, 15) is 5.11 Å². The van der Waals surface area contributed by atoms with Crippen LogP contribution in [-0.4, -0.2) is 76.4 Å². The topological polar surface area (TPSA) is 51.2 Å². The Bertz CT molecular complexity index is 157. The highest BCUT2D eigenvalue weighted by molar-refractivity contribution is 4.61. The molecule has 0 aromatic carbocycles. The van der Waals surface area contributed by atoms with Gasteiger partial charge in [-0.2, -0.15) is 0 Å². The summed E-state index contributed by atoms with van der Waals surface area (Å²) in [5.41, 5.74) is 0. The summed E-state index contributed by atoms with van der Waals surface area (Å²) < 4.78 is 15.3. The highest BCUT2D eigenvalue weighted by Crippen LogP contribution is 1.96. The van der Waals surface area contributed by atoms with Crippen molar-refractivity contribution in [1.82, 2.24) is 4.90 Å². The van der Waals surface area contributed by atoms with Crippen LogP contribution in [0.5, 0.6) is 0 Å². The van der Waals surface area contributed by atoms with E-state index in [1.807, 2.05) is 18.9 Å². The molecule has 5 nitrogen and oxygen atoms in total. The minimum atomic E-state index is -0.471. The second-order valence-corrected chi connectivity index (χ2v) is 4.01. The number of hydrogen-bond acceptors (Lipinski definition) is 5. The maximum Gasteiger partial charge on any atom is 0.0900 e. The first-order chi connectivity index (χ1) is 7.60. The summed E-state index contributed by atoms with van der Waals surface area (Å²) in [5, 5.41) is 9.69. The summed E-state index contributed by atoms with van der Waals surface area (Å²) in [6.07, 6.45) is -0.454. The lowest BCUT2D eigenvalue weighted by Crippen LogP contribution is -2.35. The maximum atomic E-state index is 9.69. The molecule has 0 heterocycles. The van der Waals surface area contributed by atoms with Crippen molar-refractivity contribution in [3.8, 4) is 0 Å². The molecule has 0 aliphatic rings. The summed E-state index contributed by atoms with van der Waals surface area (Å²) in [6, 6.07) is 0. The van der Waals surface area contributed by atoms with Gasteiger partial charge in [0, 0.05) is 27.3 Å². The maximum absolute atomic E-state index is 9.69. The number of nitrogens with zero attached hydrogens (tertiary/aromatic N) is 1. The minimum Gasteiger partial charge on any atom is -0.389 e. The molecule has 98 valence electrons. The zero-order valence-electron chi connectivity index (χ0n) is 10.8. The van der Waals surface area contributed by atoms with Crippen LogP contribution in [0.25, 0.3) is 0 Å². The molecular formula is C11H25NO4. The van der Waals surface area contributed by atoms with Crippen molar-refractivity contribution < 1.29 is 19.3 Å². The Morgan fingerprint density at radius 1 is 1.19 bits per heavy atom. The van der Waals surface area contributed by atoms with Gasteiger partial charge in [0.15, 0.2) is 0 Å². The molecule has 0 saturated heterocycles. The van der Waals surface area contributed by atoms with Gasteiger partial charge in [0.1, 0.15) is 0 Å². The van der Waals surface area contributed by atoms with Crippen LogP contribution >= 0.6 is 0 Å². The second kappa shape index (κ2) is 9.99. The van der Waals surface area contributed by atoms with Crippen LogP contribution in [-0.2, 0) is 14.2 Å². The fourth-order valence-corrected chi connectivity index (χ4v) is 1.31. The molecule has 0 saturated carbocycles. The fraction of sp³-hybridized carbons (Fsp3) is 1.00. The van der Waals surface area contributed by atoms with E-state index in [1.165, 1.54) is 0 Å². The molecule has 0 bridgehead atoms. The average molecular weight is 235 g/mol. The van der Waals surface area contributed by atoms with Crippen LogP contribution in [0, 0.1) is 0 Å². The van der Waals surface area contributed by atoms with Crippen molar-refractivity contribution in [3.05, 3.63) is 0 Å². The third kappa shape index (κ3) is 9.06. The van der Waals surface area contributed by atoms with Gasteiger partial charge in [0.2, 0.25) is 0 Å². The SMILES string of the molecule is COCCN(C)CC(O)COC(C)COC. The molecular weight excluding hydrogens is 210 g/mol. The Labute approximate surface area is 98.3 Å². The quantitative estimate of drug-likeness (QED) is 0.576. The van der Waals surface area contributed by atoms with E-state index in [0.29, 0.717) is 26.4 Å². The molecule has 2 atom stereocenters. The van der Waals surface area contributed by atoms with Crippen LogP contribution in [0.2, 0.25) is 0 Å². The lowest BCUT2D eigenvalue weighted by atomic mass is 10.3. The molecule has 0 amide bonds. The van der Waals surface area contributed by atoms with Gasteiger partial charge in [-0.15, -0.1) is 0 Å². The van der Waals surface area contributed by atoms with E-state index in [1.54, 1.807) is 14.2 Å². The predicted molar refractivity (Wildman–Crippen MR) is 62.7 cm³/mol. The monoisotopic (exact) mass is 235 g/mol. The summed E-state index contributed by atoms with van der Waals surface area (Å²) in [6.45, 7) is 4.87. The predicted octanol–water partition coefficient (Wildman–Crippen LogP) is -0.0230. The molecule has 0 aliphatic heterocycles. The third-order valence-corrected chi connectivity index (χ3v) is 2.17. The van der Waals surface area contributed by atoms with E-state index < -0.39 is 6.10 Å². The summed E-state index contributed by atoms with van der Waals surface area (Å²) >= 11 is 0. The smallest absolute Gasteiger partial charge is 0.0900 e. The van der Waals surface area contributed by atoms with E-state index in [2.05, 4.69) is 0 Å². The third-order valence-electron chi connectivity index (χ3n) is 2.17. The molecule has 0 radical (unpaired) electrons. The van der Waals surface area contributed by atoms with E-state index in [0.717, 1.165) is 6.54 Å². The zero-order valence-corrected chi connectivity index (χ0v) is 10.8. The Morgan fingerprint density at radius 3 is 2.44 bits per heavy atom. The molecule has 2 unspecified atom stereocenters. The first-order valence-corrected chi connectivity index (χ1v) is 5.56. The average Bonchev–Trinajstić information content (AvgIpc) is 2.24. The Morgan fingerprint density at radius 2 is 1.88 bits per heavy atom. The number of rotatable bonds is 10.